The number of rotatable bonds is 30. The van der Waals surface area contributed by atoms with Gasteiger partial charge in [0.2, 0.25) is 0 Å². The molecule has 278 valence electrons. The summed E-state index contributed by atoms with van der Waals surface area (Å²) in [5.41, 5.74) is 12.4. The van der Waals surface area contributed by atoms with Gasteiger partial charge in [-0.25, -0.2) is 0 Å². The molecular weight excluding hydrogens is 637 g/mol. The fourth-order valence-electron chi connectivity index (χ4n) is 4.75. The van der Waals surface area contributed by atoms with Gasteiger partial charge >= 0.3 is 11.9 Å². The van der Waals surface area contributed by atoms with E-state index in [0.717, 1.165) is 19.3 Å². The summed E-state index contributed by atoms with van der Waals surface area (Å²) in [4.78, 5) is 37.3. The lowest BCUT2D eigenvalue weighted by atomic mass is 10.0. The first-order valence-electron chi connectivity index (χ1n) is 17.8. The van der Waals surface area contributed by atoms with E-state index >= 15 is 0 Å². The van der Waals surface area contributed by atoms with Crippen LogP contribution in [0.15, 0.2) is 18.2 Å². The van der Waals surface area contributed by atoms with Crippen LogP contribution in [0.25, 0.3) is 0 Å². The standard InChI is InChI=1S/C35H64N3O9P/c1-5-6-7-8-9-10-11-12-13-14-15-16-17-20-34(39)44-28-31(29-46-48(41,42)45-26-24-38(2,3)4)47-35(40)21-18-19-25-43-30-22-23-32(36)33(37)27-30/h22-23,27,31H,5-21,24-26,28-29,36-37H2,1-4H3. The van der Waals surface area contributed by atoms with E-state index in [0.29, 0.717) is 54.0 Å². The van der Waals surface area contributed by atoms with Crippen molar-refractivity contribution in [1.29, 1.82) is 0 Å². The number of anilines is 2. The highest BCUT2D eigenvalue weighted by Gasteiger charge is 2.21. The maximum atomic E-state index is 12.6. The van der Waals surface area contributed by atoms with Gasteiger partial charge in [0.15, 0.2) is 6.10 Å². The molecule has 4 N–H and O–H groups in total. The number of ether oxygens (including phenoxy) is 3. The van der Waals surface area contributed by atoms with Gasteiger partial charge in [0, 0.05) is 18.9 Å². The summed E-state index contributed by atoms with van der Waals surface area (Å²) < 4.78 is 39.2. The van der Waals surface area contributed by atoms with Gasteiger partial charge in [-0.3, -0.25) is 14.2 Å². The summed E-state index contributed by atoms with van der Waals surface area (Å²) in [6.07, 6.45) is 15.9. The Morgan fingerprint density at radius 1 is 0.750 bits per heavy atom. The average molecular weight is 702 g/mol. The molecule has 0 heterocycles. The molecule has 13 heteroatoms. The third kappa shape index (κ3) is 24.7. The molecule has 12 nitrogen and oxygen atoms in total. The van der Waals surface area contributed by atoms with Crippen LogP contribution in [0.3, 0.4) is 0 Å². The number of benzene rings is 1. The monoisotopic (exact) mass is 701 g/mol. The third-order valence-electron chi connectivity index (χ3n) is 7.75. The van der Waals surface area contributed by atoms with Crippen molar-refractivity contribution in [1.82, 2.24) is 0 Å². The molecule has 1 aromatic carbocycles. The van der Waals surface area contributed by atoms with Crippen LogP contribution >= 0.6 is 7.82 Å². The second kappa shape index (κ2) is 25.6. The van der Waals surface area contributed by atoms with Gasteiger partial charge in [-0.15, -0.1) is 0 Å². The number of nitrogen functional groups attached to an aromatic ring is 2. The van der Waals surface area contributed by atoms with Crippen LogP contribution in [0.2, 0.25) is 0 Å². The number of carbonyl (C=O) groups excluding carboxylic acids is 2. The van der Waals surface area contributed by atoms with E-state index in [9.17, 15) is 19.0 Å². The Morgan fingerprint density at radius 3 is 1.90 bits per heavy atom. The van der Waals surface area contributed by atoms with E-state index in [-0.39, 0.29) is 26.1 Å². The minimum absolute atomic E-state index is 0.0612. The van der Waals surface area contributed by atoms with Gasteiger partial charge in [-0.1, -0.05) is 84.0 Å². The van der Waals surface area contributed by atoms with E-state index in [1.165, 1.54) is 57.8 Å². The molecule has 48 heavy (non-hydrogen) atoms. The lowest BCUT2D eigenvalue weighted by Gasteiger charge is -2.28. The Balaban J connectivity index is 2.40. The summed E-state index contributed by atoms with van der Waals surface area (Å²) >= 11 is 0. The highest BCUT2D eigenvalue weighted by molar-refractivity contribution is 7.45. The maximum absolute atomic E-state index is 12.6. The lowest BCUT2D eigenvalue weighted by molar-refractivity contribution is -0.870. The number of likely N-dealkylation sites (N-methyl/N-ethyl adjacent to an activating group) is 1. The quantitative estimate of drug-likeness (QED) is 0.0293. The molecule has 0 bridgehead atoms. The molecule has 0 fully saturated rings. The van der Waals surface area contributed by atoms with Crippen LogP contribution in [0.1, 0.15) is 116 Å². The van der Waals surface area contributed by atoms with Crippen LogP contribution in [0, 0.1) is 0 Å². The van der Waals surface area contributed by atoms with Gasteiger partial charge in [0.05, 0.1) is 45.7 Å². The summed E-state index contributed by atoms with van der Waals surface area (Å²) in [6, 6.07) is 5.01. The summed E-state index contributed by atoms with van der Waals surface area (Å²) in [5.74, 6) is -0.420. The zero-order valence-electron chi connectivity index (χ0n) is 30.1. The van der Waals surface area contributed by atoms with Crippen molar-refractivity contribution in [3.8, 4) is 5.75 Å². The SMILES string of the molecule is CCCCCCCCCCCCCCCC(=O)OCC(COP(=O)([O-])OCC[N+](C)(C)C)OC(=O)CCCCOc1ccc(N)c(N)c1. The van der Waals surface area contributed by atoms with Gasteiger partial charge in [0.25, 0.3) is 7.82 Å². The molecule has 0 aliphatic rings. The maximum Gasteiger partial charge on any atom is 0.306 e. The number of carbonyl (C=O) groups is 2. The van der Waals surface area contributed by atoms with Crippen LogP contribution in [0.5, 0.6) is 5.75 Å². The van der Waals surface area contributed by atoms with Crippen molar-refractivity contribution in [3.63, 3.8) is 0 Å². The number of nitrogens with two attached hydrogens (primary N) is 2. The number of unbranched alkanes of at least 4 members (excludes halogenated alkanes) is 13. The normalized spacial score (nSPS) is 13.5. The first-order chi connectivity index (χ1) is 22.8. The van der Waals surface area contributed by atoms with Crippen molar-refractivity contribution in [2.24, 2.45) is 0 Å². The van der Waals surface area contributed by atoms with Crippen molar-refractivity contribution in [3.05, 3.63) is 18.2 Å². The lowest BCUT2D eigenvalue weighted by Crippen LogP contribution is -2.37. The molecule has 0 spiro atoms. The Hall–Kier alpha value is -2.37. The molecule has 0 amide bonds. The third-order valence-corrected chi connectivity index (χ3v) is 8.71. The average Bonchev–Trinajstić information content (AvgIpc) is 3.01. The minimum atomic E-state index is -4.66. The zero-order chi connectivity index (χ0) is 35.7. The molecule has 1 aromatic rings. The Bertz CT molecular complexity index is 1070. The summed E-state index contributed by atoms with van der Waals surface area (Å²) in [6.45, 7) is 2.13. The second-order valence-corrected chi connectivity index (χ2v) is 14.9. The van der Waals surface area contributed by atoms with Gasteiger partial charge < -0.3 is 44.1 Å². The Morgan fingerprint density at radius 2 is 1.31 bits per heavy atom. The number of phosphoric acid groups is 1. The number of nitrogens with zero attached hydrogens (tertiary/aromatic N) is 1. The smallest absolute Gasteiger partial charge is 0.306 e. The topological polar surface area (TPSA) is 172 Å². The van der Waals surface area contributed by atoms with E-state index < -0.39 is 32.5 Å². The van der Waals surface area contributed by atoms with Crippen LogP contribution in [0.4, 0.5) is 11.4 Å². The molecule has 0 aliphatic heterocycles. The van der Waals surface area contributed by atoms with Gasteiger partial charge in [0.1, 0.15) is 25.5 Å². The fourth-order valence-corrected chi connectivity index (χ4v) is 5.48. The van der Waals surface area contributed by atoms with E-state index in [2.05, 4.69) is 6.92 Å². The summed E-state index contributed by atoms with van der Waals surface area (Å²) in [5, 5.41) is 0. The van der Waals surface area contributed by atoms with Crippen molar-refractivity contribution >= 4 is 31.1 Å². The molecule has 0 saturated heterocycles. The molecule has 2 unspecified atom stereocenters. The number of hydrogen-bond acceptors (Lipinski definition) is 11. The van der Waals surface area contributed by atoms with E-state index in [1.54, 1.807) is 18.2 Å². The first kappa shape index (κ1) is 43.7. The van der Waals surface area contributed by atoms with Gasteiger partial charge in [-0.2, -0.15) is 0 Å². The minimum Gasteiger partial charge on any atom is -0.756 e. The fraction of sp³-hybridized carbons (Fsp3) is 0.771. The predicted molar refractivity (Wildman–Crippen MR) is 188 cm³/mol. The largest absolute Gasteiger partial charge is 0.756 e. The predicted octanol–water partition coefficient (Wildman–Crippen LogP) is 6.54. The van der Waals surface area contributed by atoms with E-state index in [4.69, 9.17) is 34.7 Å². The second-order valence-electron chi connectivity index (χ2n) is 13.5. The molecule has 2 atom stereocenters. The number of phosphoric ester groups is 1. The first-order valence-corrected chi connectivity index (χ1v) is 19.3. The molecule has 0 saturated carbocycles. The molecular formula is C35H64N3O9P. The number of hydrogen-bond donors (Lipinski definition) is 2. The van der Waals surface area contributed by atoms with Crippen LogP contribution in [-0.4, -0.2) is 76.6 Å². The molecule has 0 radical (unpaired) electrons. The molecule has 1 rings (SSSR count). The van der Waals surface area contributed by atoms with Gasteiger partial charge in [-0.05, 0) is 31.4 Å². The van der Waals surface area contributed by atoms with Crippen molar-refractivity contribution in [2.75, 3.05) is 65.6 Å². The van der Waals surface area contributed by atoms with Crippen molar-refractivity contribution in [2.45, 2.75) is 122 Å². The highest BCUT2D eigenvalue weighted by Crippen LogP contribution is 2.38. The van der Waals surface area contributed by atoms with Crippen molar-refractivity contribution < 1.29 is 46.8 Å². The molecule has 0 aromatic heterocycles. The zero-order valence-corrected chi connectivity index (χ0v) is 31.0. The number of quaternary nitrogens is 1. The Labute approximate surface area is 289 Å². The highest BCUT2D eigenvalue weighted by atomic mass is 31.2. The number of esters is 2. The van der Waals surface area contributed by atoms with Crippen LogP contribution < -0.4 is 21.1 Å². The summed E-state index contributed by atoms with van der Waals surface area (Å²) in [7, 11) is 1.06. The van der Waals surface area contributed by atoms with E-state index in [1.807, 2.05) is 21.1 Å². The molecule has 0 aliphatic carbocycles. The van der Waals surface area contributed by atoms with Crippen LogP contribution in [-0.2, 0) is 32.7 Å². The Kier molecular flexibility index (Phi) is 23.3.